The fourth-order valence-corrected chi connectivity index (χ4v) is 0. The minimum absolute atomic E-state index is 0.250. The summed E-state index contributed by atoms with van der Waals surface area (Å²) in [7, 11) is 1.00. The summed E-state index contributed by atoms with van der Waals surface area (Å²) < 4.78 is 0. The van der Waals surface area contributed by atoms with Crippen molar-refractivity contribution in [3.63, 3.8) is 0 Å². The van der Waals surface area contributed by atoms with Crippen LogP contribution in [0.25, 0.3) is 0 Å². The van der Waals surface area contributed by atoms with E-state index in [-0.39, 0.29) is 12.8 Å². The molecule has 0 amide bonds. The van der Waals surface area contributed by atoms with Gasteiger partial charge in [0.25, 0.3) is 0 Å². The molecule has 0 aliphatic heterocycles. The van der Waals surface area contributed by atoms with Crippen LogP contribution in [0.1, 0.15) is 6.92 Å². The summed E-state index contributed by atoms with van der Waals surface area (Å²) in [6.07, 6.45) is 0.250. The maximum absolute atomic E-state index is 8.12. The van der Waals surface area contributed by atoms with Gasteiger partial charge in [0, 0.05) is 13.7 Å². The van der Waals surface area contributed by atoms with Gasteiger partial charge >= 0.3 is 6.15 Å². The van der Waals surface area contributed by atoms with Gasteiger partial charge in [0.2, 0.25) is 0 Å². The SMILES string of the molecule is CCO.CO.O=C=O. The Labute approximate surface area is 47.8 Å². The molecule has 0 aromatic rings. The second kappa shape index (κ2) is 105. The summed E-state index contributed by atoms with van der Waals surface area (Å²) in [5, 5.41) is 14.6. The molecule has 0 spiro atoms. The highest BCUT2D eigenvalue weighted by Gasteiger charge is 1.34. The molecule has 4 heteroatoms. The zero-order chi connectivity index (χ0) is 7.41. The Balaban J connectivity index is -0.0000000483. The van der Waals surface area contributed by atoms with Crippen LogP contribution in [0.15, 0.2) is 0 Å². The summed E-state index contributed by atoms with van der Waals surface area (Å²) in [6.45, 7) is 1.93. The van der Waals surface area contributed by atoms with Crippen LogP contribution in [0, 0.1) is 0 Å². The average Bonchev–Trinajstić information content (AvgIpc) is 1.75. The normalized spacial score (nSPS) is 4.00. The lowest BCUT2D eigenvalue weighted by molar-refractivity contribution is -0.191. The monoisotopic (exact) mass is 122 g/mol. The highest BCUT2D eigenvalue weighted by Crippen LogP contribution is 1.30. The lowest BCUT2D eigenvalue weighted by Crippen LogP contribution is -1.57. The van der Waals surface area contributed by atoms with Crippen LogP contribution in [0.5, 0.6) is 0 Å². The molecule has 0 saturated carbocycles. The van der Waals surface area contributed by atoms with Crippen molar-refractivity contribution >= 4 is 6.15 Å². The molecule has 4 nitrogen and oxygen atoms in total. The van der Waals surface area contributed by atoms with E-state index in [4.69, 9.17) is 19.8 Å². The van der Waals surface area contributed by atoms with E-state index in [0.717, 1.165) is 7.11 Å². The molecule has 0 saturated heterocycles. The van der Waals surface area contributed by atoms with Crippen molar-refractivity contribution < 1.29 is 19.8 Å². The van der Waals surface area contributed by atoms with E-state index >= 15 is 0 Å². The van der Waals surface area contributed by atoms with Crippen LogP contribution in [-0.4, -0.2) is 30.1 Å². The Kier molecular flexibility index (Phi) is 205. The zero-order valence-corrected chi connectivity index (χ0v) is 4.92. The fourth-order valence-electron chi connectivity index (χ4n) is 0. The number of aliphatic hydroxyl groups is 2. The maximum atomic E-state index is 8.12. The molecule has 0 radical (unpaired) electrons. The largest absolute Gasteiger partial charge is 0.400 e. The van der Waals surface area contributed by atoms with E-state index in [1.807, 2.05) is 0 Å². The van der Waals surface area contributed by atoms with Crippen LogP contribution < -0.4 is 0 Å². The summed E-state index contributed by atoms with van der Waals surface area (Å²) in [4.78, 5) is 16.2. The molecule has 0 rings (SSSR count). The topological polar surface area (TPSA) is 74.6 Å². The molecular weight excluding hydrogens is 112 g/mol. The first kappa shape index (κ1) is 15.7. The summed E-state index contributed by atoms with van der Waals surface area (Å²) in [5.74, 6) is 0. The number of rotatable bonds is 0. The van der Waals surface area contributed by atoms with Crippen LogP contribution in [0.2, 0.25) is 0 Å². The van der Waals surface area contributed by atoms with E-state index in [1.165, 1.54) is 0 Å². The average molecular weight is 122 g/mol. The van der Waals surface area contributed by atoms with Gasteiger partial charge in [0.15, 0.2) is 0 Å². The highest BCUT2D eigenvalue weighted by molar-refractivity contribution is 5.20. The first-order valence-corrected chi connectivity index (χ1v) is 1.88. The number of aliphatic hydroxyl groups excluding tert-OH is 2. The van der Waals surface area contributed by atoms with Crippen molar-refractivity contribution in [2.45, 2.75) is 6.92 Å². The molecule has 0 aliphatic carbocycles. The lowest BCUT2D eigenvalue weighted by atomic mass is 10.9. The third-order valence-corrected chi connectivity index (χ3v) is 0. The highest BCUT2D eigenvalue weighted by atomic mass is 16.2. The van der Waals surface area contributed by atoms with Gasteiger partial charge < -0.3 is 10.2 Å². The summed E-state index contributed by atoms with van der Waals surface area (Å²) in [5.41, 5.74) is 0. The molecule has 0 aliphatic rings. The third kappa shape index (κ3) is 200. The van der Waals surface area contributed by atoms with Crippen LogP contribution in [-0.2, 0) is 9.59 Å². The van der Waals surface area contributed by atoms with E-state index in [9.17, 15) is 0 Å². The first-order chi connectivity index (χ1) is 3.83. The van der Waals surface area contributed by atoms with Crippen molar-refractivity contribution in [1.82, 2.24) is 0 Å². The second-order valence-corrected chi connectivity index (χ2v) is 0.400. The molecule has 0 fully saturated rings. The molecular formula is C4H10O4. The van der Waals surface area contributed by atoms with Crippen LogP contribution in [0.4, 0.5) is 0 Å². The van der Waals surface area contributed by atoms with Gasteiger partial charge in [-0.15, -0.1) is 0 Å². The molecule has 0 bridgehead atoms. The van der Waals surface area contributed by atoms with E-state index in [1.54, 1.807) is 6.92 Å². The Morgan fingerprint density at radius 2 is 1.38 bits per heavy atom. The minimum atomic E-state index is 0.250. The van der Waals surface area contributed by atoms with Crippen molar-refractivity contribution in [2.75, 3.05) is 13.7 Å². The zero-order valence-electron chi connectivity index (χ0n) is 4.92. The first-order valence-electron chi connectivity index (χ1n) is 1.88. The molecule has 8 heavy (non-hydrogen) atoms. The molecule has 50 valence electrons. The van der Waals surface area contributed by atoms with Gasteiger partial charge in [-0.2, -0.15) is 9.59 Å². The third-order valence-electron chi connectivity index (χ3n) is 0. The van der Waals surface area contributed by atoms with Crippen LogP contribution >= 0.6 is 0 Å². The predicted molar refractivity (Wildman–Crippen MR) is 25.9 cm³/mol. The molecule has 0 unspecified atom stereocenters. The molecule has 0 aromatic heterocycles. The number of hydrogen-bond acceptors (Lipinski definition) is 4. The van der Waals surface area contributed by atoms with Crippen molar-refractivity contribution in [2.24, 2.45) is 0 Å². The minimum Gasteiger partial charge on any atom is -0.400 e. The quantitative estimate of drug-likeness (QED) is 0.433. The van der Waals surface area contributed by atoms with E-state index < -0.39 is 0 Å². The van der Waals surface area contributed by atoms with Crippen molar-refractivity contribution in [1.29, 1.82) is 0 Å². The van der Waals surface area contributed by atoms with Gasteiger partial charge in [-0.05, 0) is 6.92 Å². The predicted octanol–water partition coefficient (Wildman–Crippen LogP) is -0.976. The Bertz CT molecular complexity index is 37.3. The lowest BCUT2D eigenvalue weighted by Gasteiger charge is -1.52. The van der Waals surface area contributed by atoms with Crippen molar-refractivity contribution in [3.8, 4) is 0 Å². The van der Waals surface area contributed by atoms with E-state index in [0.29, 0.717) is 0 Å². The molecule has 0 heterocycles. The molecule has 0 aromatic carbocycles. The fraction of sp³-hybridized carbons (Fsp3) is 0.750. The van der Waals surface area contributed by atoms with Gasteiger partial charge in [-0.3, -0.25) is 0 Å². The van der Waals surface area contributed by atoms with Gasteiger partial charge in [-0.25, -0.2) is 0 Å². The Morgan fingerprint density at radius 1 is 1.38 bits per heavy atom. The van der Waals surface area contributed by atoms with Crippen molar-refractivity contribution in [3.05, 3.63) is 0 Å². The maximum Gasteiger partial charge on any atom is 0.373 e. The summed E-state index contributed by atoms with van der Waals surface area (Å²) in [6, 6.07) is 0. The molecule has 0 atom stereocenters. The number of carbonyl (C=O) groups excluding carboxylic acids is 2. The molecule has 2 N–H and O–H groups in total. The smallest absolute Gasteiger partial charge is 0.373 e. The standard InChI is InChI=1S/C2H6O.CO2.CH4O/c1-2-3;2-1-3;1-2/h3H,2H2,1H3;;2H,1H3. The second-order valence-electron chi connectivity index (χ2n) is 0.400. The number of hydrogen-bond donors (Lipinski definition) is 2. The summed E-state index contributed by atoms with van der Waals surface area (Å²) >= 11 is 0. The van der Waals surface area contributed by atoms with Gasteiger partial charge in [0.05, 0.1) is 0 Å². The van der Waals surface area contributed by atoms with Crippen LogP contribution in [0.3, 0.4) is 0 Å². The van der Waals surface area contributed by atoms with E-state index in [2.05, 4.69) is 0 Å². The van der Waals surface area contributed by atoms with Gasteiger partial charge in [0.1, 0.15) is 0 Å². The Morgan fingerprint density at radius 3 is 1.38 bits per heavy atom. The Hall–Kier alpha value is -0.700. The van der Waals surface area contributed by atoms with Gasteiger partial charge in [-0.1, -0.05) is 0 Å².